The van der Waals surface area contributed by atoms with E-state index in [-0.39, 0.29) is 0 Å². The summed E-state index contributed by atoms with van der Waals surface area (Å²) >= 11 is 0. The van der Waals surface area contributed by atoms with Crippen molar-refractivity contribution in [3.8, 4) is 6.07 Å². The fourth-order valence-corrected chi connectivity index (χ4v) is 3.13. The summed E-state index contributed by atoms with van der Waals surface area (Å²) in [7, 11) is 0. The Hall–Kier alpha value is -1.40. The van der Waals surface area contributed by atoms with Gasteiger partial charge in [0.1, 0.15) is 0 Å². The van der Waals surface area contributed by atoms with Gasteiger partial charge in [-0.15, -0.1) is 0 Å². The fourth-order valence-electron chi connectivity index (χ4n) is 3.13. The highest BCUT2D eigenvalue weighted by Gasteiger charge is 2.42. The van der Waals surface area contributed by atoms with E-state index in [1.807, 2.05) is 12.1 Å². The Balaban J connectivity index is 2.15. The maximum atomic E-state index is 10.6. The molecule has 102 valence electrons. The van der Waals surface area contributed by atoms with E-state index in [1.54, 1.807) is 12.4 Å². The van der Waals surface area contributed by atoms with Gasteiger partial charge in [0.05, 0.1) is 17.6 Å². The Morgan fingerprint density at radius 2 is 2.11 bits per heavy atom. The number of hydrogen-bond donors (Lipinski definition) is 1. The summed E-state index contributed by atoms with van der Waals surface area (Å²) in [5, 5.41) is 20.1. The standard InChI is InChI=1S/C16H22N2O/c1-12(2)13-5-7-16(11-17,8-6-13)15(19)14-4-3-9-18-10-14/h3-4,9-10,12-13,15,19H,5-8H2,1-2H3. The molecule has 1 N–H and O–H groups in total. The normalized spacial score (nSPS) is 28.9. The van der Waals surface area contributed by atoms with E-state index in [9.17, 15) is 10.4 Å². The van der Waals surface area contributed by atoms with Gasteiger partial charge in [0.2, 0.25) is 0 Å². The van der Waals surface area contributed by atoms with Gasteiger partial charge in [-0.2, -0.15) is 5.26 Å². The first-order valence-electron chi connectivity index (χ1n) is 7.08. The van der Waals surface area contributed by atoms with Crippen molar-refractivity contribution in [3.05, 3.63) is 30.1 Å². The summed E-state index contributed by atoms with van der Waals surface area (Å²) < 4.78 is 0. The number of aliphatic hydroxyl groups is 1. The van der Waals surface area contributed by atoms with Gasteiger partial charge in [-0.05, 0) is 43.6 Å². The minimum absolute atomic E-state index is 0.631. The average molecular weight is 258 g/mol. The van der Waals surface area contributed by atoms with Crippen LogP contribution in [0.4, 0.5) is 0 Å². The van der Waals surface area contributed by atoms with Crippen molar-refractivity contribution < 1.29 is 5.11 Å². The lowest BCUT2D eigenvalue weighted by atomic mass is 9.65. The molecule has 1 aromatic heterocycles. The molecule has 19 heavy (non-hydrogen) atoms. The van der Waals surface area contributed by atoms with Gasteiger partial charge in [-0.25, -0.2) is 0 Å². The molecule has 3 nitrogen and oxygen atoms in total. The highest BCUT2D eigenvalue weighted by molar-refractivity contribution is 5.20. The molecule has 0 aromatic carbocycles. The van der Waals surface area contributed by atoms with Gasteiger partial charge in [0.15, 0.2) is 0 Å². The van der Waals surface area contributed by atoms with Crippen LogP contribution >= 0.6 is 0 Å². The monoisotopic (exact) mass is 258 g/mol. The van der Waals surface area contributed by atoms with Crippen molar-refractivity contribution in [2.75, 3.05) is 0 Å². The van der Waals surface area contributed by atoms with E-state index in [1.165, 1.54) is 0 Å². The summed E-state index contributed by atoms with van der Waals surface area (Å²) in [6.45, 7) is 4.48. The first-order chi connectivity index (χ1) is 9.09. The molecule has 1 aliphatic carbocycles. The molecular weight excluding hydrogens is 236 g/mol. The Kier molecular flexibility index (Phi) is 4.21. The SMILES string of the molecule is CC(C)C1CCC(C#N)(C(O)c2cccnc2)CC1. The maximum absolute atomic E-state index is 10.6. The number of nitrogens with zero attached hydrogens (tertiary/aromatic N) is 2. The lowest BCUT2D eigenvalue weighted by molar-refractivity contribution is 0.0188. The molecule has 1 aromatic rings. The molecule has 1 aliphatic rings. The molecule has 1 saturated carbocycles. The molecule has 2 rings (SSSR count). The smallest absolute Gasteiger partial charge is 0.0991 e. The van der Waals surface area contributed by atoms with E-state index in [0.717, 1.165) is 31.2 Å². The van der Waals surface area contributed by atoms with Crippen LogP contribution in [-0.2, 0) is 0 Å². The zero-order valence-electron chi connectivity index (χ0n) is 11.7. The minimum atomic E-state index is -0.723. The molecule has 1 unspecified atom stereocenters. The number of rotatable bonds is 3. The Morgan fingerprint density at radius 1 is 1.42 bits per heavy atom. The lowest BCUT2D eigenvalue weighted by Crippen LogP contribution is -2.33. The minimum Gasteiger partial charge on any atom is -0.387 e. The van der Waals surface area contributed by atoms with E-state index >= 15 is 0 Å². The van der Waals surface area contributed by atoms with Gasteiger partial charge in [0, 0.05) is 18.0 Å². The largest absolute Gasteiger partial charge is 0.387 e. The van der Waals surface area contributed by atoms with Crippen LogP contribution in [0.25, 0.3) is 0 Å². The fraction of sp³-hybridized carbons (Fsp3) is 0.625. The molecule has 0 radical (unpaired) electrons. The average Bonchev–Trinajstić information content (AvgIpc) is 2.47. The first kappa shape index (κ1) is 14.0. The Bertz CT molecular complexity index is 442. The van der Waals surface area contributed by atoms with Gasteiger partial charge in [-0.1, -0.05) is 19.9 Å². The second-order valence-corrected chi connectivity index (χ2v) is 6.04. The summed E-state index contributed by atoms with van der Waals surface area (Å²) in [6.07, 6.45) is 6.25. The predicted octanol–water partition coefficient (Wildman–Crippen LogP) is 3.47. The van der Waals surface area contributed by atoms with Crippen LogP contribution < -0.4 is 0 Å². The van der Waals surface area contributed by atoms with E-state index in [0.29, 0.717) is 11.8 Å². The zero-order valence-corrected chi connectivity index (χ0v) is 11.7. The van der Waals surface area contributed by atoms with Gasteiger partial charge in [-0.3, -0.25) is 4.98 Å². The molecule has 1 atom stereocenters. The van der Waals surface area contributed by atoms with Crippen molar-refractivity contribution in [3.63, 3.8) is 0 Å². The van der Waals surface area contributed by atoms with E-state index < -0.39 is 11.5 Å². The molecule has 3 heteroatoms. The predicted molar refractivity (Wildman–Crippen MR) is 74.0 cm³/mol. The highest BCUT2D eigenvalue weighted by Crippen LogP contribution is 2.48. The van der Waals surface area contributed by atoms with Crippen molar-refractivity contribution in [1.82, 2.24) is 4.98 Å². The quantitative estimate of drug-likeness (QED) is 0.903. The van der Waals surface area contributed by atoms with Crippen LogP contribution in [0.3, 0.4) is 0 Å². The number of pyridine rings is 1. The van der Waals surface area contributed by atoms with E-state index in [4.69, 9.17) is 0 Å². The molecule has 1 fully saturated rings. The number of hydrogen-bond acceptors (Lipinski definition) is 3. The Morgan fingerprint density at radius 3 is 2.58 bits per heavy atom. The molecule has 0 aliphatic heterocycles. The summed E-state index contributed by atoms with van der Waals surface area (Å²) in [6, 6.07) is 6.06. The van der Waals surface area contributed by atoms with Gasteiger partial charge >= 0.3 is 0 Å². The van der Waals surface area contributed by atoms with E-state index in [2.05, 4.69) is 24.9 Å². The van der Waals surface area contributed by atoms with Gasteiger partial charge in [0.25, 0.3) is 0 Å². The zero-order chi connectivity index (χ0) is 13.9. The second kappa shape index (κ2) is 5.71. The Labute approximate surface area is 115 Å². The summed E-state index contributed by atoms with van der Waals surface area (Å²) in [5.74, 6) is 1.34. The summed E-state index contributed by atoms with van der Waals surface area (Å²) in [4.78, 5) is 4.04. The highest BCUT2D eigenvalue weighted by atomic mass is 16.3. The third kappa shape index (κ3) is 2.79. The number of aliphatic hydroxyl groups excluding tert-OH is 1. The van der Waals surface area contributed by atoms with Crippen LogP contribution in [-0.4, -0.2) is 10.1 Å². The van der Waals surface area contributed by atoms with Gasteiger partial charge < -0.3 is 5.11 Å². The topological polar surface area (TPSA) is 56.9 Å². The molecule has 1 heterocycles. The molecule has 0 bridgehead atoms. The number of nitriles is 1. The molecule has 0 amide bonds. The molecular formula is C16H22N2O. The third-order valence-corrected chi connectivity index (χ3v) is 4.61. The van der Waals surface area contributed by atoms with Crippen LogP contribution in [0.1, 0.15) is 51.2 Å². The third-order valence-electron chi connectivity index (χ3n) is 4.61. The van der Waals surface area contributed by atoms with Crippen LogP contribution in [0.15, 0.2) is 24.5 Å². The second-order valence-electron chi connectivity index (χ2n) is 6.04. The summed E-state index contributed by atoms with van der Waals surface area (Å²) in [5.41, 5.74) is 0.126. The van der Waals surface area contributed by atoms with Crippen LogP contribution in [0, 0.1) is 28.6 Å². The van der Waals surface area contributed by atoms with Crippen LogP contribution in [0.2, 0.25) is 0 Å². The molecule has 0 saturated heterocycles. The van der Waals surface area contributed by atoms with Crippen molar-refractivity contribution in [1.29, 1.82) is 5.26 Å². The molecule has 0 spiro atoms. The maximum Gasteiger partial charge on any atom is 0.0991 e. The van der Waals surface area contributed by atoms with Crippen molar-refractivity contribution in [2.24, 2.45) is 17.3 Å². The van der Waals surface area contributed by atoms with Crippen LogP contribution in [0.5, 0.6) is 0 Å². The van der Waals surface area contributed by atoms with Crippen molar-refractivity contribution >= 4 is 0 Å². The first-order valence-corrected chi connectivity index (χ1v) is 7.08. The number of aromatic nitrogens is 1. The lowest BCUT2D eigenvalue weighted by Gasteiger charge is -2.39. The van der Waals surface area contributed by atoms with Crippen molar-refractivity contribution in [2.45, 2.75) is 45.6 Å².